The third-order valence-electron chi connectivity index (χ3n) is 2.85. The molecule has 0 aliphatic carbocycles. The quantitative estimate of drug-likeness (QED) is 0.737. The molecule has 3 nitrogen and oxygen atoms in total. The molecule has 1 heterocycles. The summed E-state index contributed by atoms with van der Waals surface area (Å²) in [5, 5.41) is 0.539. The normalized spacial score (nSPS) is 10.6. The number of pyridine rings is 1. The lowest BCUT2D eigenvalue weighted by molar-refractivity contribution is -0.122. The average Bonchev–Trinajstić information content (AvgIpc) is 2.46. The maximum absolute atomic E-state index is 13.0. The molecule has 0 saturated carbocycles. The zero-order valence-electron chi connectivity index (χ0n) is 11.4. The maximum Gasteiger partial charge on any atom is 0.164 e. The van der Waals surface area contributed by atoms with E-state index in [-0.39, 0.29) is 24.6 Å². The number of ether oxygens (including phenoxy) is 1. The van der Waals surface area contributed by atoms with Gasteiger partial charge in [-0.3, -0.25) is 9.78 Å². The van der Waals surface area contributed by atoms with Crippen LogP contribution < -0.4 is 0 Å². The molecular formula is C16H15ClFNO2. The highest BCUT2D eigenvalue weighted by Gasteiger charge is 2.05. The third-order valence-corrected chi connectivity index (χ3v) is 3.08. The van der Waals surface area contributed by atoms with Crippen molar-refractivity contribution < 1.29 is 13.9 Å². The summed E-state index contributed by atoms with van der Waals surface area (Å²) in [6, 6.07) is 9.75. The van der Waals surface area contributed by atoms with E-state index in [9.17, 15) is 9.18 Å². The lowest BCUT2D eigenvalue weighted by Gasteiger charge is -2.04. The zero-order valence-corrected chi connectivity index (χ0v) is 12.1. The highest BCUT2D eigenvalue weighted by Crippen LogP contribution is 2.07. The maximum atomic E-state index is 13.0. The Morgan fingerprint density at radius 1 is 1.29 bits per heavy atom. The summed E-state index contributed by atoms with van der Waals surface area (Å²) in [5.41, 5.74) is 1.51. The monoisotopic (exact) mass is 307 g/mol. The Bertz CT molecular complexity index is 601. The molecule has 0 saturated heterocycles. The van der Waals surface area contributed by atoms with Crippen molar-refractivity contribution in [1.29, 1.82) is 0 Å². The summed E-state index contributed by atoms with van der Waals surface area (Å²) in [6.07, 6.45) is 2.30. The van der Waals surface area contributed by atoms with Crippen LogP contribution in [0.2, 0.25) is 5.02 Å². The first kappa shape index (κ1) is 15.6. The smallest absolute Gasteiger partial charge is 0.164 e. The Morgan fingerprint density at radius 3 is 2.86 bits per heavy atom. The fourth-order valence-corrected chi connectivity index (χ4v) is 1.94. The molecule has 21 heavy (non-hydrogen) atoms. The van der Waals surface area contributed by atoms with Gasteiger partial charge in [0.05, 0.1) is 18.1 Å². The van der Waals surface area contributed by atoms with Gasteiger partial charge in [0.1, 0.15) is 12.4 Å². The van der Waals surface area contributed by atoms with Gasteiger partial charge in [0.2, 0.25) is 0 Å². The number of hydrogen-bond acceptors (Lipinski definition) is 3. The Hall–Kier alpha value is -1.78. The SMILES string of the molecule is O=C(COCCc1cccc(F)c1)Cc1ccc(Cl)cn1. The minimum absolute atomic E-state index is 0.0274. The van der Waals surface area contributed by atoms with Gasteiger partial charge in [0, 0.05) is 11.9 Å². The van der Waals surface area contributed by atoms with Crippen molar-refractivity contribution in [3.63, 3.8) is 0 Å². The third kappa shape index (κ3) is 5.61. The van der Waals surface area contributed by atoms with E-state index >= 15 is 0 Å². The van der Waals surface area contributed by atoms with Gasteiger partial charge in [0.25, 0.3) is 0 Å². The minimum Gasteiger partial charge on any atom is -0.373 e. The van der Waals surface area contributed by atoms with Crippen LogP contribution in [-0.2, 0) is 22.4 Å². The van der Waals surface area contributed by atoms with E-state index in [4.69, 9.17) is 16.3 Å². The predicted octanol–water partition coefficient (Wildman–Crippen LogP) is 3.25. The summed E-state index contributed by atoms with van der Waals surface area (Å²) >= 11 is 5.72. The summed E-state index contributed by atoms with van der Waals surface area (Å²) in [5.74, 6) is -0.318. The van der Waals surface area contributed by atoms with Crippen molar-refractivity contribution >= 4 is 17.4 Å². The molecule has 0 spiro atoms. The number of nitrogens with zero attached hydrogens (tertiary/aromatic N) is 1. The van der Waals surface area contributed by atoms with Crippen molar-refractivity contribution in [2.45, 2.75) is 12.8 Å². The standard InChI is InChI=1S/C16H15ClFNO2/c17-13-4-5-15(19-10-13)9-16(20)11-21-7-6-12-2-1-3-14(18)8-12/h1-5,8,10H,6-7,9,11H2. The molecule has 1 aromatic carbocycles. The van der Waals surface area contributed by atoms with Gasteiger partial charge in [-0.05, 0) is 36.2 Å². The average molecular weight is 308 g/mol. The lowest BCUT2D eigenvalue weighted by atomic mass is 10.1. The molecule has 0 atom stereocenters. The van der Waals surface area contributed by atoms with E-state index in [1.807, 2.05) is 6.07 Å². The van der Waals surface area contributed by atoms with Crippen LogP contribution in [0.1, 0.15) is 11.3 Å². The van der Waals surface area contributed by atoms with Crippen LogP contribution in [0.15, 0.2) is 42.6 Å². The molecule has 0 unspecified atom stereocenters. The van der Waals surface area contributed by atoms with Crippen LogP contribution >= 0.6 is 11.6 Å². The molecule has 2 rings (SSSR count). The molecule has 0 aliphatic heterocycles. The van der Waals surface area contributed by atoms with E-state index in [2.05, 4.69) is 4.98 Å². The van der Waals surface area contributed by atoms with Gasteiger partial charge in [-0.25, -0.2) is 4.39 Å². The number of carbonyl (C=O) groups is 1. The number of Topliss-reactive ketones (excluding diaryl/α,β-unsaturated/α-hetero) is 1. The van der Waals surface area contributed by atoms with Crippen LogP contribution in [0.4, 0.5) is 4.39 Å². The molecule has 0 aliphatic rings. The van der Waals surface area contributed by atoms with Gasteiger partial charge < -0.3 is 4.74 Å². The fraction of sp³-hybridized carbons (Fsp3) is 0.250. The van der Waals surface area contributed by atoms with E-state index in [1.165, 1.54) is 18.3 Å². The van der Waals surface area contributed by atoms with Crippen LogP contribution in [0.3, 0.4) is 0 Å². The Labute approximate surface area is 127 Å². The molecule has 0 radical (unpaired) electrons. The minimum atomic E-state index is -0.266. The molecule has 0 fully saturated rings. The van der Waals surface area contributed by atoms with Crippen molar-refractivity contribution in [1.82, 2.24) is 4.98 Å². The first-order valence-electron chi connectivity index (χ1n) is 6.58. The molecule has 5 heteroatoms. The second kappa shape index (κ2) is 7.86. The number of aromatic nitrogens is 1. The molecule has 2 aromatic rings. The highest BCUT2D eigenvalue weighted by atomic mass is 35.5. The summed E-state index contributed by atoms with van der Waals surface area (Å²) in [7, 11) is 0. The largest absolute Gasteiger partial charge is 0.373 e. The van der Waals surface area contributed by atoms with Gasteiger partial charge >= 0.3 is 0 Å². The van der Waals surface area contributed by atoms with E-state index < -0.39 is 0 Å². The van der Waals surface area contributed by atoms with E-state index in [0.29, 0.717) is 23.7 Å². The molecule has 0 amide bonds. The van der Waals surface area contributed by atoms with Crippen LogP contribution in [0.5, 0.6) is 0 Å². The number of carbonyl (C=O) groups excluding carboxylic acids is 1. The number of halogens is 2. The van der Waals surface area contributed by atoms with Gasteiger partial charge in [-0.2, -0.15) is 0 Å². The second-order valence-corrected chi connectivity index (χ2v) is 5.05. The number of rotatable bonds is 7. The molecule has 110 valence electrons. The van der Waals surface area contributed by atoms with Gasteiger partial charge in [-0.1, -0.05) is 23.7 Å². The van der Waals surface area contributed by atoms with Crippen LogP contribution in [0.25, 0.3) is 0 Å². The number of benzene rings is 1. The second-order valence-electron chi connectivity index (χ2n) is 4.62. The summed E-state index contributed by atoms with van der Waals surface area (Å²) in [4.78, 5) is 15.8. The summed E-state index contributed by atoms with van der Waals surface area (Å²) in [6.45, 7) is 0.406. The number of ketones is 1. The summed E-state index contributed by atoms with van der Waals surface area (Å²) < 4.78 is 18.3. The van der Waals surface area contributed by atoms with Gasteiger partial charge in [-0.15, -0.1) is 0 Å². The van der Waals surface area contributed by atoms with E-state index in [1.54, 1.807) is 18.2 Å². The molecular weight excluding hydrogens is 293 g/mol. The number of hydrogen-bond donors (Lipinski definition) is 0. The fourth-order valence-electron chi connectivity index (χ4n) is 1.83. The Morgan fingerprint density at radius 2 is 2.14 bits per heavy atom. The van der Waals surface area contributed by atoms with Crippen molar-refractivity contribution in [3.05, 3.63) is 64.7 Å². The van der Waals surface area contributed by atoms with E-state index in [0.717, 1.165) is 5.56 Å². The van der Waals surface area contributed by atoms with Gasteiger partial charge in [0.15, 0.2) is 5.78 Å². The lowest BCUT2D eigenvalue weighted by Crippen LogP contribution is -2.13. The molecule has 0 N–H and O–H groups in total. The topological polar surface area (TPSA) is 39.2 Å². The first-order valence-corrected chi connectivity index (χ1v) is 6.95. The predicted molar refractivity (Wildman–Crippen MR) is 78.9 cm³/mol. The van der Waals surface area contributed by atoms with Crippen LogP contribution in [0, 0.1) is 5.82 Å². The molecule has 1 aromatic heterocycles. The van der Waals surface area contributed by atoms with Crippen molar-refractivity contribution in [2.24, 2.45) is 0 Å². The van der Waals surface area contributed by atoms with Crippen molar-refractivity contribution in [2.75, 3.05) is 13.2 Å². The Balaban J connectivity index is 1.68. The van der Waals surface area contributed by atoms with Crippen LogP contribution in [-0.4, -0.2) is 24.0 Å². The van der Waals surface area contributed by atoms with Crippen molar-refractivity contribution in [3.8, 4) is 0 Å². The Kier molecular flexibility index (Phi) is 5.84. The molecule has 0 bridgehead atoms. The highest BCUT2D eigenvalue weighted by molar-refractivity contribution is 6.30. The zero-order chi connectivity index (χ0) is 15.1. The first-order chi connectivity index (χ1) is 10.1.